The van der Waals surface area contributed by atoms with E-state index in [1.807, 2.05) is 0 Å². The molecule has 0 heterocycles. The lowest BCUT2D eigenvalue weighted by molar-refractivity contribution is -0.170. The third-order valence-corrected chi connectivity index (χ3v) is 2.49. The summed E-state index contributed by atoms with van der Waals surface area (Å²) in [6.45, 7) is 3.40. The minimum absolute atomic E-state index is 0.205. The van der Waals surface area contributed by atoms with Gasteiger partial charge >= 0.3 is 18.1 Å². The Morgan fingerprint density at radius 2 is 1.72 bits per heavy atom. The molecule has 0 saturated heterocycles. The smallest absolute Gasteiger partial charge is 0.392 e. The van der Waals surface area contributed by atoms with E-state index in [9.17, 15) is 22.8 Å². The van der Waals surface area contributed by atoms with E-state index in [4.69, 9.17) is 4.74 Å². The van der Waals surface area contributed by atoms with Crippen molar-refractivity contribution in [1.29, 1.82) is 0 Å². The van der Waals surface area contributed by atoms with Crippen LogP contribution in [0.1, 0.15) is 33.6 Å². The summed E-state index contributed by atoms with van der Waals surface area (Å²) in [4.78, 5) is 22.3. The summed E-state index contributed by atoms with van der Waals surface area (Å²) in [7, 11) is 0. The van der Waals surface area contributed by atoms with E-state index in [2.05, 4.69) is 4.74 Å². The number of carbonyl (C=O) groups is 2. The molecule has 106 valence electrons. The standard InChI is InChI=1S/C11H17F3O4/c1-4-10(3,7-18-8(2)15)9(16)17-6-5-11(12,13)14/h4-7H2,1-3H3. The highest BCUT2D eigenvalue weighted by Crippen LogP contribution is 2.25. The predicted octanol–water partition coefficient (Wildman–Crippen LogP) is 2.46. The third kappa shape index (κ3) is 6.46. The Balaban J connectivity index is 4.29. The minimum atomic E-state index is -4.36. The van der Waals surface area contributed by atoms with Gasteiger partial charge in [-0.15, -0.1) is 0 Å². The summed E-state index contributed by atoms with van der Waals surface area (Å²) < 4.78 is 44.9. The van der Waals surface area contributed by atoms with Gasteiger partial charge in [-0.1, -0.05) is 6.92 Å². The molecule has 0 aliphatic rings. The SMILES string of the molecule is CCC(C)(COC(C)=O)C(=O)OCCC(F)(F)F. The van der Waals surface area contributed by atoms with Crippen LogP contribution < -0.4 is 0 Å². The van der Waals surface area contributed by atoms with Gasteiger partial charge in [-0.25, -0.2) is 0 Å². The van der Waals surface area contributed by atoms with Gasteiger partial charge in [0.05, 0.1) is 18.4 Å². The first-order valence-electron chi connectivity index (χ1n) is 5.48. The highest BCUT2D eigenvalue weighted by atomic mass is 19.4. The highest BCUT2D eigenvalue weighted by molar-refractivity contribution is 5.77. The predicted molar refractivity (Wildman–Crippen MR) is 56.7 cm³/mol. The summed E-state index contributed by atoms with van der Waals surface area (Å²) in [5.74, 6) is -1.35. The zero-order chi connectivity index (χ0) is 14.4. The van der Waals surface area contributed by atoms with Crippen LogP contribution in [0.2, 0.25) is 0 Å². The average molecular weight is 270 g/mol. The second-order valence-corrected chi connectivity index (χ2v) is 4.20. The van der Waals surface area contributed by atoms with E-state index in [0.717, 1.165) is 0 Å². The number of alkyl halides is 3. The van der Waals surface area contributed by atoms with Crippen molar-refractivity contribution in [2.45, 2.75) is 39.8 Å². The van der Waals surface area contributed by atoms with Crippen molar-refractivity contribution in [3.05, 3.63) is 0 Å². The van der Waals surface area contributed by atoms with Crippen molar-refractivity contribution in [3.8, 4) is 0 Å². The fourth-order valence-electron chi connectivity index (χ4n) is 1.000. The van der Waals surface area contributed by atoms with E-state index in [-0.39, 0.29) is 6.61 Å². The Kier molecular flexibility index (Phi) is 6.14. The molecule has 1 atom stereocenters. The molecule has 0 radical (unpaired) electrons. The van der Waals surface area contributed by atoms with Gasteiger partial charge in [0.1, 0.15) is 6.61 Å². The molecule has 0 aromatic rings. The van der Waals surface area contributed by atoms with E-state index < -0.39 is 36.6 Å². The van der Waals surface area contributed by atoms with Crippen LogP contribution in [0.3, 0.4) is 0 Å². The van der Waals surface area contributed by atoms with Crippen LogP contribution in [-0.4, -0.2) is 31.3 Å². The minimum Gasteiger partial charge on any atom is -0.465 e. The Bertz CT molecular complexity index is 301. The molecular formula is C11H17F3O4. The fraction of sp³-hybridized carbons (Fsp3) is 0.818. The maximum absolute atomic E-state index is 11.9. The van der Waals surface area contributed by atoms with Crippen molar-refractivity contribution in [1.82, 2.24) is 0 Å². The van der Waals surface area contributed by atoms with Gasteiger partial charge in [0.2, 0.25) is 0 Å². The Morgan fingerprint density at radius 1 is 1.17 bits per heavy atom. The summed E-state index contributed by atoms with van der Waals surface area (Å²) in [6.07, 6.45) is -5.25. The largest absolute Gasteiger partial charge is 0.465 e. The third-order valence-electron chi connectivity index (χ3n) is 2.49. The molecule has 0 saturated carbocycles. The lowest BCUT2D eigenvalue weighted by atomic mass is 9.89. The quantitative estimate of drug-likeness (QED) is 0.696. The van der Waals surface area contributed by atoms with Gasteiger partial charge in [0, 0.05) is 6.92 Å². The molecular weight excluding hydrogens is 253 g/mol. The van der Waals surface area contributed by atoms with Gasteiger partial charge in [-0.3, -0.25) is 9.59 Å². The van der Waals surface area contributed by atoms with Crippen LogP contribution in [0.5, 0.6) is 0 Å². The van der Waals surface area contributed by atoms with Crippen molar-refractivity contribution >= 4 is 11.9 Å². The van der Waals surface area contributed by atoms with Gasteiger partial charge in [-0.05, 0) is 13.3 Å². The van der Waals surface area contributed by atoms with Gasteiger partial charge in [0.15, 0.2) is 0 Å². The molecule has 0 aliphatic carbocycles. The molecule has 0 aromatic heterocycles. The molecule has 4 nitrogen and oxygen atoms in total. The molecule has 0 fully saturated rings. The second-order valence-electron chi connectivity index (χ2n) is 4.20. The van der Waals surface area contributed by atoms with Crippen molar-refractivity contribution in [3.63, 3.8) is 0 Å². The van der Waals surface area contributed by atoms with Crippen LogP contribution in [-0.2, 0) is 19.1 Å². The van der Waals surface area contributed by atoms with Crippen molar-refractivity contribution in [2.24, 2.45) is 5.41 Å². The Labute approximate surface area is 103 Å². The molecule has 0 aromatic carbocycles. The number of esters is 2. The lowest BCUT2D eigenvalue weighted by Crippen LogP contribution is -2.35. The van der Waals surface area contributed by atoms with Gasteiger partial charge in [0.25, 0.3) is 0 Å². The molecule has 0 rings (SSSR count). The van der Waals surface area contributed by atoms with Crippen LogP contribution in [0, 0.1) is 5.41 Å². The van der Waals surface area contributed by atoms with Crippen molar-refractivity contribution < 1.29 is 32.2 Å². The topological polar surface area (TPSA) is 52.6 Å². The van der Waals surface area contributed by atoms with E-state index in [1.54, 1.807) is 6.92 Å². The van der Waals surface area contributed by atoms with Gasteiger partial charge in [-0.2, -0.15) is 13.2 Å². The molecule has 1 unspecified atom stereocenters. The molecule has 0 aliphatic heterocycles. The average Bonchev–Trinajstić information content (AvgIpc) is 2.23. The molecule has 0 spiro atoms. The zero-order valence-electron chi connectivity index (χ0n) is 10.6. The normalized spacial score (nSPS) is 14.8. The summed E-state index contributed by atoms with van der Waals surface area (Å²) in [5, 5.41) is 0. The number of halogens is 3. The maximum atomic E-state index is 11.9. The molecule has 0 amide bonds. The fourth-order valence-corrected chi connectivity index (χ4v) is 1.000. The number of carbonyl (C=O) groups excluding carboxylic acids is 2. The maximum Gasteiger partial charge on any atom is 0.392 e. The lowest BCUT2D eigenvalue weighted by Gasteiger charge is -2.25. The molecule has 0 N–H and O–H groups in total. The van der Waals surface area contributed by atoms with E-state index in [0.29, 0.717) is 6.42 Å². The Hall–Kier alpha value is -1.27. The first kappa shape index (κ1) is 16.7. The van der Waals surface area contributed by atoms with Crippen LogP contribution in [0.25, 0.3) is 0 Å². The Morgan fingerprint density at radius 3 is 2.11 bits per heavy atom. The summed E-state index contributed by atoms with van der Waals surface area (Å²) in [6, 6.07) is 0. The first-order valence-corrected chi connectivity index (χ1v) is 5.48. The number of rotatable bonds is 6. The van der Waals surface area contributed by atoms with Gasteiger partial charge < -0.3 is 9.47 Å². The van der Waals surface area contributed by atoms with Crippen LogP contribution in [0.4, 0.5) is 13.2 Å². The second kappa shape index (κ2) is 6.61. The molecule has 7 heteroatoms. The van der Waals surface area contributed by atoms with E-state index >= 15 is 0 Å². The van der Waals surface area contributed by atoms with Crippen LogP contribution in [0.15, 0.2) is 0 Å². The van der Waals surface area contributed by atoms with E-state index in [1.165, 1.54) is 13.8 Å². The molecule has 18 heavy (non-hydrogen) atoms. The summed E-state index contributed by atoms with van der Waals surface area (Å²) in [5.41, 5.74) is -1.11. The monoisotopic (exact) mass is 270 g/mol. The first-order chi connectivity index (χ1) is 8.10. The van der Waals surface area contributed by atoms with Crippen molar-refractivity contribution in [2.75, 3.05) is 13.2 Å². The highest BCUT2D eigenvalue weighted by Gasteiger charge is 2.35. The summed E-state index contributed by atoms with van der Waals surface area (Å²) >= 11 is 0. The molecule has 0 bridgehead atoms. The number of hydrogen-bond donors (Lipinski definition) is 0. The zero-order valence-corrected chi connectivity index (χ0v) is 10.6. The number of ether oxygens (including phenoxy) is 2. The van der Waals surface area contributed by atoms with Crippen LogP contribution >= 0.6 is 0 Å². The number of hydrogen-bond acceptors (Lipinski definition) is 4.